The van der Waals surface area contributed by atoms with Gasteiger partial charge in [0.05, 0.1) is 13.2 Å². The zero-order valence-corrected chi connectivity index (χ0v) is 13.1. The van der Waals surface area contributed by atoms with Crippen molar-refractivity contribution in [2.75, 3.05) is 14.2 Å². The second-order valence-electron chi connectivity index (χ2n) is 4.96. The molecule has 0 amide bonds. The smallest absolute Gasteiger partial charge is 0.119 e. The molecule has 2 rings (SSSR count). The molecule has 20 heavy (non-hydrogen) atoms. The molecule has 0 aliphatic heterocycles. The van der Waals surface area contributed by atoms with E-state index in [1.54, 1.807) is 7.11 Å². The van der Waals surface area contributed by atoms with Crippen LogP contribution in [0.5, 0.6) is 5.75 Å². The van der Waals surface area contributed by atoms with Crippen LogP contribution in [-0.4, -0.2) is 14.2 Å². The zero-order valence-electron chi connectivity index (χ0n) is 12.3. The molecule has 0 heterocycles. The lowest BCUT2D eigenvalue weighted by molar-refractivity contribution is 0.414. The van der Waals surface area contributed by atoms with Crippen molar-refractivity contribution in [3.63, 3.8) is 0 Å². The van der Waals surface area contributed by atoms with E-state index in [9.17, 15) is 0 Å². The minimum absolute atomic E-state index is 0.0527. The molecular formula is C17H20ClNO. The molecule has 0 spiro atoms. The van der Waals surface area contributed by atoms with Crippen molar-refractivity contribution < 1.29 is 4.74 Å². The number of methoxy groups -OCH3 is 1. The normalized spacial score (nSPS) is 12.2. The van der Waals surface area contributed by atoms with Crippen molar-refractivity contribution in [3.05, 3.63) is 63.7 Å². The summed E-state index contributed by atoms with van der Waals surface area (Å²) in [5.41, 5.74) is 4.68. The summed E-state index contributed by atoms with van der Waals surface area (Å²) in [6.07, 6.45) is 0. The van der Waals surface area contributed by atoms with E-state index in [0.717, 1.165) is 21.9 Å². The molecule has 2 nitrogen and oxygen atoms in total. The average molecular weight is 290 g/mol. The maximum absolute atomic E-state index is 6.43. The highest BCUT2D eigenvalue weighted by atomic mass is 35.5. The average Bonchev–Trinajstić information content (AvgIpc) is 2.45. The third-order valence-corrected chi connectivity index (χ3v) is 3.97. The van der Waals surface area contributed by atoms with Crippen molar-refractivity contribution in [1.82, 2.24) is 5.32 Å². The molecule has 0 aliphatic rings. The molecule has 0 aliphatic carbocycles. The number of rotatable bonds is 4. The van der Waals surface area contributed by atoms with Gasteiger partial charge >= 0.3 is 0 Å². The summed E-state index contributed by atoms with van der Waals surface area (Å²) in [6, 6.07) is 12.3. The number of hydrogen-bond donors (Lipinski definition) is 1. The van der Waals surface area contributed by atoms with Crippen LogP contribution < -0.4 is 10.1 Å². The Morgan fingerprint density at radius 2 is 1.80 bits per heavy atom. The van der Waals surface area contributed by atoms with Gasteiger partial charge in [-0.3, -0.25) is 0 Å². The van der Waals surface area contributed by atoms with Crippen molar-refractivity contribution in [2.24, 2.45) is 0 Å². The van der Waals surface area contributed by atoms with Crippen LogP contribution in [0.1, 0.15) is 28.3 Å². The highest BCUT2D eigenvalue weighted by molar-refractivity contribution is 6.31. The molecule has 2 aromatic rings. The summed E-state index contributed by atoms with van der Waals surface area (Å²) in [5.74, 6) is 0.850. The number of benzene rings is 2. The SMILES string of the molecule is CNC(c1cccc(OC)c1)c1cc(C)c(C)cc1Cl. The van der Waals surface area contributed by atoms with Crippen LogP contribution in [0, 0.1) is 13.8 Å². The molecule has 1 unspecified atom stereocenters. The fourth-order valence-corrected chi connectivity index (χ4v) is 2.67. The van der Waals surface area contributed by atoms with Crippen LogP contribution in [0.2, 0.25) is 5.02 Å². The maximum atomic E-state index is 6.43. The molecule has 0 radical (unpaired) electrons. The van der Waals surface area contributed by atoms with Crippen molar-refractivity contribution in [1.29, 1.82) is 0 Å². The van der Waals surface area contributed by atoms with Crippen molar-refractivity contribution >= 4 is 11.6 Å². The van der Waals surface area contributed by atoms with E-state index in [4.69, 9.17) is 16.3 Å². The third-order valence-electron chi connectivity index (χ3n) is 3.64. The van der Waals surface area contributed by atoms with E-state index in [0.29, 0.717) is 0 Å². The van der Waals surface area contributed by atoms with Gasteiger partial charge in [-0.05, 0) is 61.3 Å². The summed E-state index contributed by atoms with van der Waals surface area (Å²) >= 11 is 6.43. The predicted molar refractivity (Wildman–Crippen MR) is 84.8 cm³/mol. The standard InChI is InChI=1S/C17H20ClNO/c1-11-8-15(16(18)9-12(11)2)17(19-3)13-6-5-7-14(10-13)20-4/h5-10,17,19H,1-4H3. The summed E-state index contributed by atoms with van der Waals surface area (Å²) in [7, 11) is 3.62. The van der Waals surface area contributed by atoms with Crippen LogP contribution in [0.3, 0.4) is 0 Å². The first kappa shape index (κ1) is 14.9. The first-order valence-corrected chi connectivity index (χ1v) is 7.02. The third kappa shape index (κ3) is 2.97. The first-order chi connectivity index (χ1) is 9.56. The lowest BCUT2D eigenvalue weighted by Gasteiger charge is -2.20. The molecule has 3 heteroatoms. The number of halogens is 1. The largest absolute Gasteiger partial charge is 0.497 e. The van der Waals surface area contributed by atoms with Gasteiger partial charge in [-0.15, -0.1) is 0 Å². The molecule has 0 saturated carbocycles. The van der Waals surface area contributed by atoms with E-state index in [1.807, 2.05) is 31.3 Å². The van der Waals surface area contributed by atoms with Gasteiger partial charge in [0.1, 0.15) is 5.75 Å². The highest BCUT2D eigenvalue weighted by Gasteiger charge is 2.16. The summed E-state index contributed by atoms with van der Waals surface area (Å²) in [5, 5.41) is 4.12. The second-order valence-corrected chi connectivity index (χ2v) is 5.36. The highest BCUT2D eigenvalue weighted by Crippen LogP contribution is 2.31. The Hall–Kier alpha value is -1.51. The molecule has 0 fully saturated rings. The number of hydrogen-bond acceptors (Lipinski definition) is 2. The van der Waals surface area contributed by atoms with Gasteiger partial charge in [0.15, 0.2) is 0 Å². The Balaban J connectivity index is 2.49. The van der Waals surface area contributed by atoms with Crippen LogP contribution in [0.4, 0.5) is 0 Å². The minimum atomic E-state index is 0.0527. The van der Waals surface area contributed by atoms with Crippen LogP contribution in [-0.2, 0) is 0 Å². The van der Waals surface area contributed by atoms with Crippen molar-refractivity contribution in [3.8, 4) is 5.75 Å². The lowest BCUT2D eigenvalue weighted by Crippen LogP contribution is -2.18. The Morgan fingerprint density at radius 1 is 1.10 bits per heavy atom. The van der Waals surface area contributed by atoms with Gasteiger partial charge < -0.3 is 10.1 Å². The molecule has 2 aromatic carbocycles. The van der Waals surface area contributed by atoms with Gasteiger partial charge in [0.2, 0.25) is 0 Å². The molecule has 106 valence electrons. The van der Waals surface area contributed by atoms with Crippen LogP contribution in [0.15, 0.2) is 36.4 Å². The second kappa shape index (κ2) is 6.29. The van der Waals surface area contributed by atoms with E-state index in [1.165, 1.54) is 11.1 Å². The lowest BCUT2D eigenvalue weighted by atomic mass is 9.95. The molecule has 1 atom stereocenters. The number of nitrogens with one attached hydrogen (secondary N) is 1. The van der Waals surface area contributed by atoms with Gasteiger partial charge in [-0.2, -0.15) is 0 Å². The Kier molecular flexibility index (Phi) is 4.69. The summed E-state index contributed by atoms with van der Waals surface area (Å²) < 4.78 is 5.30. The quantitative estimate of drug-likeness (QED) is 0.907. The van der Waals surface area contributed by atoms with Gasteiger partial charge in [0, 0.05) is 5.02 Å². The molecular weight excluding hydrogens is 270 g/mol. The number of ether oxygens (including phenoxy) is 1. The van der Waals surface area contributed by atoms with Crippen LogP contribution >= 0.6 is 11.6 Å². The van der Waals surface area contributed by atoms with Crippen LogP contribution in [0.25, 0.3) is 0 Å². The van der Waals surface area contributed by atoms with E-state index in [-0.39, 0.29) is 6.04 Å². The monoisotopic (exact) mass is 289 g/mol. The maximum Gasteiger partial charge on any atom is 0.119 e. The minimum Gasteiger partial charge on any atom is -0.497 e. The number of aryl methyl sites for hydroxylation is 2. The van der Waals surface area contributed by atoms with E-state index < -0.39 is 0 Å². The Morgan fingerprint density at radius 3 is 2.45 bits per heavy atom. The molecule has 1 N–H and O–H groups in total. The molecule has 0 bridgehead atoms. The summed E-state index contributed by atoms with van der Waals surface area (Å²) in [6.45, 7) is 4.18. The fraction of sp³-hybridized carbons (Fsp3) is 0.294. The van der Waals surface area contributed by atoms with E-state index in [2.05, 4.69) is 31.3 Å². The topological polar surface area (TPSA) is 21.3 Å². The fourth-order valence-electron chi connectivity index (χ4n) is 2.35. The van der Waals surface area contributed by atoms with Gasteiger partial charge in [-0.25, -0.2) is 0 Å². The predicted octanol–water partition coefficient (Wildman–Crippen LogP) is 4.27. The van der Waals surface area contributed by atoms with Gasteiger partial charge in [0.25, 0.3) is 0 Å². The van der Waals surface area contributed by atoms with Crippen molar-refractivity contribution in [2.45, 2.75) is 19.9 Å². The molecule has 0 aromatic heterocycles. The molecule has 0 saturated heterocycles. The Labute approximate surface area is 125 Å². The summed E-state index contributed by atoms with van der Waals surface area (Å²) in [4.78, 5) is 0. The van der Waals surface area contributed by atoms with Gasteiger partial charge in [-0.1, -0.05) is 29.8 Å². The zero-order chi connectivity index (χ0) is 14.7. The van der Waals surface area contributed by atoms with E-state index >= 15 is 0 Å². The Bertz CT molecular complexity index is 610. The first-order valence-electron chi connectivity index (χ1n) is 6.64.